The molecule has 2 atom stereocenters. The molecule has 0 aromatic heterocycles. The summed E-state index contributed by atoms with van der Waals surface area (Å²) in [7, 11) is 1.60. The van der Waals surface area contributed by atoms with Gasteiger partial charge in [-0.1, -0.05) is 101 Å². The number of carbonyl (C=O) groups is 2. The average molecular weight is 600 g/mol. The maximum Gasteiger partial charge on any atom is 0.408 e. The Hall–Kier alpha value is -4.10. The topological polar surface area (TPSA) is 83.1 Å². The Morgan fingerprint density at radius 1 is 0.932 bits per heavy atom. The molecule has 7 nitrogen and oxygen atoms in total. The summed E-state index contributed by atoms with van der Waals surface area (Å²) >= 11 is 0. The number of benzene rings is 3. The van der Waals surface area contributed by atoms with E-state index in [9.17, 15) is 9.59 Å². The zero-order chi connectivity index (χ0) is 31.9. The molecule has 4 rings (SSSR count). The molecule has 44 heavy (non-hydrogen) atoms. The highest BCUT2D eigenvalue weighted by molar-refractivity contribution is 5.86. The van der Waals surface area contributed by atoms with E-state index in [1.54, 1.807) is 13.2 Å². The highest BCUT2D eigenvalue weighted by atomic mass is 17.2. The normalized spacial score (nSPS) is 14.6. The Balaban J connectivity index is 1.58. The van der Waals surface area contributed by atoms with Crippen molar-refractivity contribution in [3.8, 4) is 16.9 Å². The predicted octanol–water partition coefficient (Wildman–Crippen LogP) is 8.23. The smallest absolute Gasteiger partial charge is 0.408 e. The minimum Gasteiger partial charge on any atom is -0.497 e. The van der Waals surface area contributed by atoms with Gasteiger partial charge in [-0.3, -0.25) is 4.89 Å². The molecule has 0 aliphatic heterocycles. The van der Waals surface area contributed by atoms with Crippen molar-refractivity contribution >= 4 is 12.1 Å². The summed E-state index contributed by atoms with van der Waals surface area (Å²) in [6.45, 7) is 14.2. The molecule has 1 aliphatic carbocycles. The third-order valence-corrected chi connectivity index (χ3v) is 8.22. The van der Waals surface area contributed by atoms with Crippen LogP contribution in [0.25, 0.3) is 11.1 Å². The first-order chi connectivity index (χ1) is 21.0. The summed E-state index contributed by atoms with van der Waals surface area (Å²) < 4.78 is 11.1. The first-order valence-corrected chi connectivity index (χ1v) is 15.2. The molecule has 7 heteroatoms. The summed E-state index contributed by atoms with van der Waals surface area (Å²) in [5.74, 6) is -0.407. The van der Waals surface area contributed by atoms with Crippen LogP contribution >= 0.6 is 0 Å². The molecule has 234 valence electrons. The molecule has 0 bridgehead atoms. The van der Waals surface area contributed by atoms with Gasteiger partial charge in [-0.05, 0) is 70.0 Å². The van der Waals surface area contributed by atoms with Crippen LogP contribution in [0.1, 0.15) is 70.1 Å². The van der Waals surface area contributed by atoms with Crippen LogP contribution in [-0.2, 0) is 25.9 Å². The first-order valence-electron chi connectivity index (χ1n) is 15.2. The SMILES string of the molecule is C=CCC(C(C)C)[C@@](CC(C)(C)C)(NC(=O)OCC1c2ccccc2-c2ccccc21)C(=O)OOCc1ccc(OC)cc1. The fourth-order valence-electron chi connectivity index (χ4n) is 6.36. The zero-order valence-electron chi connectivity index (χ0n) is 26.7. The Bertz CT molecular complexity index is 1400. The van der Waals surface area contributed by atoms with Crippen molar-refractivity contribution in [1.29, 1.82) is 0 Å². The Morgan fingerprint density at radius 3 is 2.05 bits per heavy atom. The van der Waals surface area contributed by atoms with Crippen LogP contribution < -0.4 is 10.1 Å². The number of hydrogen-bond donors (Lipinski definition) is 1. The van der Waals surface area contributed by atoms with Crippen LogP contribution in [0.3, 0.4) is 0 Å². The second kappa shape index (κ2) is 14.1. The number of amides is 1. The molecule has 0 radical (unpaired) electrons. The molecule has 3 aromatic rings. The van der Waals surface area contributed by atoms with Gasteiger partial charge in [0.1, 0.15) is 24.5 Å². The molecular formula is C37H45NO6. The number of carbonyl (C=O) groups excluding carboxylic acids is 2. The van der Waals surface area contributed by atoms with Gasteiger partial charge in [0.25, 0.3) is 0 Å². The minimum atomic E-state index is -1.44. The maximum atomic E-state index is 14.1. The van der Waals surface area contributed by atoms with Gasteiger partial charge in [0, 0.05) is 5.92 Å². The van der Waals surface area contributed by atoms with Gasteiger partial charge in [-0.2, -0.15) is 4.89 Å². The Labute approximate surface area is 261 Å². The van der Waals surface area contributed by atoms with E-state index in [2.05, 4.69) is 36.2 Å². The standard InChI is InChI=1S/C37H45NO6/c1-8-13-33(25(2)3)37(24-36(4,5)6,34(39)44-43-22-26-18-20-27(41-7)21-19-26)38-35(40)42-23-32-30-16-11-9-14-28(30)29-15-10-12-17-31(29)32/h8-12,14-21,25,32-33H,1,13,22-24H2,2-7H3,(H,38,40)/t33?,37-/m1/s1. The Morgan fingerprint density at radius 2 is 1.52 bits per heavy atom. The number of allylic oxidation sites excluding steroid dienone is 1. The fraction of sp³-hybridized carbons (Fsp3) is 0.405. The van der Waals surface area contributed by atoms with E-state index in [4.69, 9.17) is 19.2 Å². The summed E-state index contributed by atoms with van der Waals surface area (Å²) in [5.41, 5.74) is 3.51. The fourth-order valence-corrected chi connectivity index (χ4v) is 6.36. The summed E-state index contributed by atoms with van der Waals surface area (Å²) in [6.07, 6.45) is 1.86. The van der Waals surface area contributed by atoms with Crippen LogP contribution in [0.2, 0.25) is 0 Å². The molecule has 3 aromatic carbocycles. The predicted molar refractivity (Wildman–Crippen MR) is 172 cm³/mol. The van der Waals surface area contributed by atoms with Crippen LogP contribution in [0.5, 0.6) is 5.75 Å². The lowest BCUT2D eigenvalue weighted by molar-refractivity contribution is -0.288. The monoisotopic (exact) mass is 599 g/mol. The van der Waals surface area contributed by atoms with Crippen molar-refractivity contribution in [3.63, 3.8) is 0 Å². The van der Waals surface area contributed by atoms with Crippen molar-refractivity contribution in [2.24, 2.45) is 17.3 Å². The molecule has 1 aliphatic rings. The van der Waals surface area contributed by atoms with Crippen molar-refractivity contribution in [3.05, 3.63) is 102 Å². The lowest BCUT2D eigenvalue weighted by atomic mass is 9.67. The number of fused-ring (bicyclic) bond motifs is 3. The van der Waals surface area contributed by atoms with Crippen LogP contribution in [0.15, 0.2) is 85.5 Å². The highest BCUT2D eigenvalue weighted by Crippen LogP contribution is 2.45. The third kappa shape index (κ3) is 7.51. The van der Waals surface area contributed by atoms with Crippen molar-refractivity contribution in [2.75, 3.05) is 13.7 Å². The lowest BCUT2D eigenvalue weighted by Crippen LogP contribution is -2.62. The molecule has 1 amide bonds. The molecule has 0 saturated heterocycles. The average Bonchev–Trinajstić information content (AvgIpc) is 3.31. The Kier molecular flexibility index (Phi) is 10.5. The molecule has 0 fully saturated rings. The highest BCUT2D eigenvalue weighted by Gasteiger charge is 2.52. The van der Waals surface area contributed by atoms with Gasteiger partial charge in [-0.15, -0.1) is 6.58 Å². The van der Waals surface area contributed by atoms with Crippen LogP contribution in [0.4, 0.5) is 4.79 Å². The summed E-state index contributed by atoms with van der Waals surface area (Å²) in [6, 6.07) is 23.6. The number of hydrogen-bond acceptors (Lipinski definition) is 6. The van der Waals surface area contributed by atoms with Crippen molar-refractivity contribution < 1.29 is 28.8 Å². The van der Waals surface area contributed by atoms with Crippen LogP contribution in [0, 0.1) is 17.3 Å². The summed E-state index contributed by atoms with van der Waals surface area (Å²) in [4.78, 5) is 38.8. The number of methoxy groups -OCH3 is 1. The zero-order valence-corrected chi connectivity index (χ0v) is 26.7. The van der Waals surface area contributed by atoms with Gasteiger partial charge in [0.05, 0.1) is 7.11 Å². The van der Waals surface area contributed by atoms with Gasteiger partial charge in [-0.25, -0.2) is 9.59 Å². The molecule has 0 saturated carbocycles. The van der Waals surface area contributed by atoms with Crippen molar-refractivity contribution in [2.45, 2.75) is 65.5 Å². The van der Waals surface area contributed by atoms with E-state index in [1.165, 1.54) is 0 Å². The van der Waals surface area contributed by atoms with E-state index >= 15 is 0 Å². The minimum absolute atomic E-state index is 0.00151. The van der Waals surface area contributed by atoms with Crippen LogP contribution in [-0.4, -0.2) is 31.3 Å². The second-order valence-corrected chi connectivity index (χ2v) is 13.0. The largest absolute Gasteiger partial charge is 0.497 e. The van der Waals surface area contributed by atoms with E-state index in [0.29, 0.717) is 18.6 Å². The number of ether oxygens (including phenoxy) is 2. The van der Waals surface area contributed by atoms with Gasteiger partial charge >= 0.3 is 12.1 Å². The molecule has 1 N–H and O–H groups in total. The number of rotatable bonds is 13. The maximum absolute atomic E-state index is 14.1. The number of nitrogens with one attached hydrogen (secondary N) is 1. The summed E-state index contributed by atoms with van der Waals surface area (Å²) in [5, 5.41) is 3.01. The molecule has 0 spiro atoms. The lowest BCUT2D eigenvalue weighted by Gasteiger charge is -2.43. The first kappa shape index (κ1) is 32.8. The quantitative estimate of drug-likeness (QED) is 0.121. The van der Waals surface area contributed by atoms with Gasteiger partial charge in [0.15, 0.2) is 0 Å². The van der Waals surface area contributed by atoms with E-state index in [-0.39, 0.29) is 36.4 Å². The van der Waals surface area contributed by atoms with E-state index in [1.807, 2.05) is 83.1 Å². The molecule has 0 heterocycles. The van der Waals surface area contributed by atoms with Gasteiger partial charge in [0.2, 0.25) is 0 Å². The van der Waals surface area contributed by atoms with E-state index < -0.39 is 17.6 Å². The third-order valence-electron chi connectivity index (χ3n) is 8.22. The molecule has 1 unspecified atom stereocenters. The molecular weight excluding hydrogens is 554 g/mol. The van der Waals surface area contributed by atoms with Gasteiger partial charge < -0.3 is 14.8 Å². The number of alkyl carbamates (subject to hydrolysis) is 1. The second-order valence-electron chi connectivity index (χ2n) is 13.0. The van der Waals surface area contributed by atoms with Crippen molar-refractivity contribution in [1.82, 2.24) is 5.32 Å². The van der Waals surface area contributed by atoms with E-state index in [0.717, 1.165) is 27.8 Å².